The molecular weight excluding hydrogens is 272 g/mol. The van der Waals surface area contributed by atoms with Crippen LogP contribution in [0.3, 0.4) is 0 Å². The molecule has 114 valence electrons. The lowest BCUT2D eigenvalue weighted by Crippen LogP contribution is -2.51. The van der Waals surface area contributed by atoms with Crippen molar-refractivity contribution in [2.45, 2.75) is 18.4 Å². The van der Waals surface area contributed by atoms with Crippen LogP contribution in [0.25, 0.3) is 0 Å². The third-order valence-corrected chi connectivity index (χ3v) is 3.76. The van der Waals surface area contributed by atoms with Gasteiger partial charge >= 0.3 is 5.97 Å². The molecule has 1 aromatic carbocycles. The largest absolute Gasteiger partial charge is 0.465 e. The first-order valence-electron chi connectivity index (χ1n) is 6.87. The molecular formula is C15H20N2O4. The normalized spacial score (nSPS) is 17.0. The van der Waals surface area contributed by atoms with E-state index in [-0.39, 0.29) is 5.91 Å². The minimum absolute atomic E-state index is 0.187. The van der Waals surface area contributed by atoms with E-state index in [0.717, 1.165) is 13.1 Å². The van der Waals surface area contributed by atoms with Gasteiger partial charge in [0.2, 0.25) is 0 Å². The second kappa shape index (κ2) is 6.69. The highest BCUT2D eigenvalue weighted by Gasteiger charge is 2.39. The molecule has 0 saturated carbocycles. The maximum absolute atomic E-state index is 12.5. The summed E-state index contributed by atoms with van der Waals surface area (Å²) < 4.78 is 10.1. The highest BCUT2D eigenvalue weighted by molar-refractivity contribution is 5.98. The number of piperidine rings is 1. The Morgan fingerprint density at radius 1 is 1.24 bits per heavy atom. The van der Waals surface area contributed by atoms with Crippen LogP contribution in [0.4, 0.5) is 5.69 Å². The van der Waals surface area contributed by atoms with Crippen molar-refractivity contribution in [1.82, 2.24) is 5.32 Å². The summed E-state index contributed by atoms with van der Waals surface area (Å²) in [7, 11) is 2.87. The smallest absolute Gasteiger partial charge is 0.337 e. The maximum Gasteiger partial charge on any atom is 0.337 e. The summed E-state index contributed by atoms with van der Waals surface area (Å²) >= 11 is 0. The van der Waals surface area contributed by atoms with Crippen LogP contribution < -0.4 is 10.6 Å². The van der Waals surface area contributed by atoms with Gasteiger partial charge in [0.15, 0.2) is 0 Å². The van der Waals surface area contributed by atoms with Crippen molar-refractivity contribution in [2.75, 3.05) is 32.6 Å². The van der Waals surface area contributed by atoms with Crippen molar-refractivity contribution in [3.8, 4) is 0 Å². The van der Waals surface area contributed by atoms with Crippen molar-refractivity contribution < 1.29 is 19.1 Å². The van der Waals surface area contributed by atoms with Gasteiger partial charge in [-0.1, -0.05) is 6.07 Å². The summed E-state index contributed by atoms with van der Waals surface area (Å²) in [5.74, 6) is -0.622. The summed E-state index contributed by atoms with van der Waals surface area (Å²) in [6, 6.07) is 6.66. The predicted octanol–water partition coefficient (Wildman–Crippen LogP) is 1.18. The van der Waals surface area contributed by atoms with Crippen LogP contribution in [0.1, 0.15) is 23.2 Å². The Hall–Kier alpha value is -1.92. The minimum atomic E-state index is -0.813. The molecule has 2 rings (SSSR count). The van der Waals surface area contributed by atoms with E-state index in [4.69, 9.17) is 4.74 Å². The molecule has 1 aliphatic heterocycles. The maximum atomic E-state index is 12.5. The molecule has 1 heterocycles. The first kappa shape index (κ1) is 15.5. The van der Waals surface area contributed by atoms with Crippen LogP contribution in [0.15, 0.2) is 24.3 Å². The molecule has 1 aromatic rings. The number of hydrogen-bond acceptors (Lipinski definition) is 5. The average molecular weight is 292 g/mol. The number of carbonyl (C=O) groups is 2. The summed E-state index contributed by atoms with van der Waals surface area (Å²) in [6.45, 7) is 1.48. The number of carbonyl (C=O) groups excluding carboxylic acids is 2. The van der Waals surface area contributed by atoms with E-state index in [1.807, 2.05) is 0 Å². The Labute approximate surface area is 123 Å². The molecule has 1 fully saturated rings. The number of benzene rings is 1. The van der Waals surface area contributed by atoms with Gasteiger partial charge in [-0.05, 0) is 44.1 Å². The highest BCUT2D eigenvalue weighted by Crippen LogP contribution is 2.24. The van der Waals surface area contributed by atoms with Crippen LogP contribution in [0.2, 0.25) is 0 Å². The predicted molar refractivity (Wildman–Crippen MR) is 78.3 cm³/mol. The molecule has 0 atom stereocenters. The Bertz CT molecular complexity index is 524. The van der Waals surface area contributed by atoms with Crippen LogP contribution in [-0.2, 0) is 14.3 Å². The van der Waals surface area contributed by atoms with Crippen molar-refractivity contribution in [3.05, 3.63) is 29.8 Å². The van der Waals surface area contributed by atoms with Crippen molar-refractivity contribution >= 4 is 17.6 Å². The SMILES string of the molecule is COC(=O)c1cccc(NC(=O)C2(OC)CCNCC2)c1. The molecule has 0 aliphatic carbocycles. The van der Waals surface area contributed by atoms with Gasteiger partial charge < -0.3 is 20.1 Å². The van der Waals surface area contributed by atoms with Gasteiger partial charge in [-0.3, -0.25) is 4.79 Å². The van der Waals surface area contributed by atoms with E-state index in [1.165, 1.54) is 7.11 Å². The molecule has 2 N–H and O–H groups in total. The minimum Gasteiger partial charge on any atom is -0.465 e. The fourth-order valence-electron chi connectivity index (χ4n) is 2.44. The second-order valence-electron chi connectivity index (χ2n) is 4.97. The third-order valence-electron chi connectivity index (χ3n) is 3.76. The zero-order chi connectivity index (χ0) is 15.3. The molecule has 6 nitrogen and oxygen atoms in total. The van der Waals surface area contributed by atoms with Gasteiger partial charge in [-0.2, -0.15) is 0 Å². The molecule has 1 amide bonds. The van der Waals surface area contributed by atoms with Gasteiger partial charge in [0, 0.05) is 12.8 Å². The standard InChI is InChI=1S/C15H20N2O4/c1-20-13(18)11-4-3-5-12(10-11)17-14(19)15(21-2)6-8-16-9-7-15/h3-5,10,16H,6-9H2,1-2H3,(H,17,19). The van der Waals surface area contributed by atoms with Crippen molar-refractivity contribution in [2.24, 2.45) is 0 Å². The first-order chi connectivity index (χ1) is 10.1. The van der Waals surface area contributed by atoms with E-state index in [0.29, 0.717) is 24.1 Å². The number of amides is 1. The van der Waals surface area contributed by atoms with Gasteiger partial charge in [0.1, 0.15) is 5.60 Å². The fraction of sp³-hybridized carbons (Fsp3) is 0.467. The Morgan fingerprint density at radius 3 is 2.57 bits per heavy atom. The van der Waals surface area contributed by atoms with E-state index in [1.54, 1.807) is 31.4 Å². The molecule has 0 radical (unpaired) electrons. The zero-order valence-electron chi connectivity index (χ0n) is 12.3. The topological polar surface area (TPSA) is 76.7 Å². The zero-order valence-corrected chi connectivity index (χ0v) is 12.3. The monoisotopic (exact) mass is 292 g/mol. The second-order valence-corrected chi connectivity index (χ2v) is 4.97. The lowest BCUT2D eigenvalue weighted by molar-refractivity contribution is -0.140. The van der Waals surface area contributed by atoms with E-state index in [2.05, 4.69) is 15.4 Å². The molecule has 6 heteroatoms. The van der Waals surface area contributed by atoms with Gasteiger partial charge in [-0.15, -0.1) is 0 Å². The molecule has 0 bridgehead atoms. The van der Waals surface area contributed by atoms with Gasteiger partial charge in [0.05, 0.1) is 12.7 Å². The lowest BCUT2D eigenvalue weighted by Gasteiger charge is -2.34. The molecule has 21 heavy (non-hydrogen) atoms. The number of anilines is 1. The quantitative estimate of drug-likeness (QED) is 0.815. The van der Waals surface area contributed by atoms with Crippen molar-refractivity contribution in [3.63, 3.8) is 0 Å². The third kappa shape index (κ3) is 3.40. The Kier molecular flexibility index (Phi) is 4.93. The summed E-state index contributed by atoms with van der Waals surface area (Å²) in [4.78, 5) is 24.0. The molecule has 0 unspecified atom stereocenters. The summed E-state index contributed by atoms with van der Waals surface area (Å²) in [5, 5.41) is 6.03. The fourth-order valence-corrected chi connectivity index (χ4v) is 2.44. The van der Waals surface area contributed by atoms with Crippen LogP contribution in [-0.4, -0.2) is 44.8 Å². The van der Waals surface area contributed by atoms with Crippen molar-refractivity contribution in [1.29, 1.82) is 0 Å². The number of hydrogen-bond donors (Lipinski definition) is 2. The number of rotatable bonds is 4. The van der Waals surface area contributed by atoms with E-state index in [9.17, 15) is 9.59 Å². The van der Waals surface area contributed by atoms with Crippen LogP contribution >= 0.6 is 0 Å². The molecule has 1 saturated heterocycles. The van der Waals surface area contributed by atoms with Crippen LogP contribution in [0.5, 0.6) is 0 Å². The van der Waals surface area contributed by atoms with Crippen LogP contribution in [0, 0.1) is 0 Å². The summed E-state index contributed by atoms with van der Waals surface area (Å²) in [6.07, 6.45) is 1.23. The van der Waals surface area contributed by atoms with Gasteiger partial charge in [-0.25, -0.2) is 4.79 Å². The number of methoxy groups -OCH3 is 2. The highest BCUT2D eigenvalue weighted by atomic mass is 16.5. The Morgan fingerprint density at radius 2 is 1.95 bits per heavy atom. The van der Waals surface area contributed by atoms with E-state index >= 15 is 0 Å². The average Bonchev–Trinajstić information content (AvgIpc) is 2.54. The number of ether oxygens (including phenoxy) is 2. The molecule has 0 spiro atoms. The molecule has 1 aliphatic rings. The van der Waals surface area contributed by atoms with Gasteiger partial charge in [0.25, 0.3) is 5.91 Å². The van der Waals surface area contributed by atoms with E-state index < -0.39 is 11.6 Å². The Balaban J connectivity index is 2.13. The number of esters is 1. The number of nitrogens with one attached hydrogen (secondary N) is 2. The lowest BCUT2D eigenvalue weighted by atomic mass is 9.91. The molecule has 0 aromatic heterocycles. The summed E-state index contributed by atoms with van der Waals surface area (Å²) in [5.41, 5.74) is 0.136. The first-order valence-corrected chi connectivity index (χ1v) is 6.87.